The van der Waals surface area contributed by atoms with E-state index in [-0.39, 0.29) is 0 Å². The summed E-state index contributed by atoms with van der Waals surface area (Å²) in [6.45, 7) is 0. The fraction of sp³-hybridized carbons (Fsp3) is 0. The van der Waals surface area contributed by atoms with Crippen molar-refractivity contribution in [2.45, 2.75) is 0 Å². The summed E-state index contributed by atoms with van der Waals surface area (Å²) >= 11 is 13.2. The van der Waals surface area contributed by atoms with Crippen molar-refractivity contribution in [3.8, 4) is 17.3 Å². The highest BCUT2D eigenvalue weighted by Gasteiger charge is 2.14. The molecule has 0 radical (unpaired) electrons. The second-order valence-corrected chi connectivity index (χ2v) is 7.54. The molecular weight excluding hydrogens is 415 g/mol. The molecule has 0 bridgehead atoms. The van der Waals surface area contributed by atoms with Crippen LogP contribution in [0.3, 0.4) is 0 Å². The second kappa shape index (κ2) is 7.61. The maximum absolute atomic E-state index is 12.3. The van der Waals surface area contributed by atoms with Crippen LogP contribution in [0.4, 0.5) is 0 Å². The van der Waals surface area contributed by atoms with Crippen molar-refractivity contribution in [2.75, 3.05) is 0 Å². The molecule has 2 aromatic heterocycles. The van der Waals surface area contributed by atoms with Gasteiger partial charge in [-0.25, -0.2) is 9.78 Å². The van der Waals surface area contributed by atoms with E-state index in [0.29, 0.717) is 37.5 Å². The highest BCUT2D eigenvalue weighted by molar-refractivity contribution is 7.11. The summed E-state index contributed by atoms with van der Waals surface area (Å²) in [4.78, 5) is 16.8. The standard InChI is InChI=1S/C21H10Cl2N2O2S/c22-16-6-5-12(8-17(16)23)7-14(10-24)20-25-18(11-28-20)15-9-13-3-1-2-4-19(13)27-21(15)26/h1-9,11H/b14-7-. The molecule has 0 saturated heterocycles. The van der Waals surface area contributed by atoms with Gasteiger partial charge in [-0.2, -0.15) is 5.26 Å². The zero-order valence-corrected chi connectivity index (χ0v) is 16.5. The second-order valence-electron chi connectivity index (χ2n) is 5.87. The fourth-order valence-electron chi connectivity index (χ4n) is 2.67. The Bertz CT molecular complexity index is 1330. The Morgan fingerprint density at radius 3 is 2.75 bits per heavy atom. The van der Waals surface area contributed by atoms with Gasteiger partial charge in [-0.05, 0) is 35.9 Å². The summed E-state index contributed by atoms with van der Waals surface area (Å²) in [5.74, 6) is 0. The Balaban J connectivity index is 1.75. The molecule has 7 heteroatoms. The first-order chi connectivity index (χ1) is 13.5. The fourth-order valence-corrected chi connectivity index (χ4v) is 3.76. The third-order valence-electron chi connectivity index (χ3n) is 4.03. The number of rotatable bonds is 3. The summed E-state index contributed by atoms with van der Waals surface area (Å²) < 4.78 is 5.37. The molecule has 0 aliphatic carbocycles. The number of nitriles is 1. The average Bonchev–Trinajstić information content (AvgIpc) is 3.18. The van der Waals surface area contributed by atoms with E-state index in [1.165, 1.54) is 11.3 Å². The summed E-state index contributed by atoms with van der Waals surface area (Å²) in [7, 11) is 0. The van der Waals surface area contributed by atoms with Gasteiger partial charge in [-0.15, -0.1) is 11.3 Å². The highest BCUT2D eigenvalue weighted by atomic mass is 35.5. The van der Waals surface area contributed by atoms with E-state index in [2.05, 4.69) is 11.1 Å². The normalized spacial score (nSPS) is 11.5. The predicted molar refractivity (Wildman–Crippen MR) is 114 cm³/mol. The first kappa shape index (κ1) is 18.5. The molecule has 4 aromatic rings. The molecule has 136 valence electrons. The molecule has 0 aliphatic rings. The Hall–Kier alpha value is -2.91. The molecule has 0 unspecified atom stereocenters. The number of allylic oxidation sites excluding steroid dienone is 1. The van der Waals surface area contributed by atoms with Gasteiger partial charge in [0.25, 0.3) is 0 Å². The number of benzene rings is 2. The van der Waals surface area contributed by atoms with E-state index >= 15 is 0 Å². The van der Waals surface area contributed by atoms with Crippen molar-refractivity contribution < 1.29 is 4.42 Å². The van der Waals surface area contributed by atoms with Gasteiger partial charge in [0, 0.05) is 10.8 Å². The van der Waals surface area contributed by atoms with E-state index in [1.807, 2.05) is 12.1 Å². The van der Waals surface area contributed by atoms with Crippen LogP contribution in [0.5, 0.6) is 0 Å². The SMILES string of the molecule is N#C/C(=C/c1ccc(Cl)c(Cl)c1)c1nc(-c2cc3ccccc3oc2=O)cs1. The Kier molecular flexibility index (Phi) is 5.01. The van der Waals surface area contributed by atoms with E-state index in [9.17, 15) is 10.1 Å². The lowest BCUT2D eigenvalue weighted by atomic mass is 10.1. The minimum Gasteiger partial charge on any atom is -0.422 e. The van der Waals surface area contributed by atoms with Crippen LogP contribution >= 0.6 is 34.5 Å². The minimum atomic E-state index is -0.470. The highest BCUT2D eigenvalue weighted by Crippen LogP contribution is 2.29. The van der Waals surface area contributed by atoms with Crippen LogP contribution in [0, 0.1) is 11.3 Å². The maximum Gasteiger partial charge on any atom is 0.345 e. The lowest BCUT2D eigenvalue weighted by molar-refractivity contribution is 0.563. The average molecular weight is 425 g/mol. The molecule has 0 fully saturated rings. The number of para-hydroxylation sites is 1. The van der Waals surface area contributed by atoms with Gasteiger partial charge in [0.1, 0.15) is 16.7 Å². The van der Waals surface area contributed by atoms with E-state index < -0.39 is 5.63 Å². The molecule has 2 heterocycles. The summed E-state index contributed by atoms with van der Waals surface area (Å²) in [5, 5.41) is 13.4. The molecule has 0 N–H and O–H groups in total. The van der Waals surface area contributed by atoms with E-state index in [1.54, 1.807) is 47.9 Å². The number of halogens is 2. The molecule has 28 heavy (non-hydrogen) atoms. The van der Waals surface area contributed by atoms with Gasteiger partial charge in [-0.1, -0.05) is 47.5 Å². The number of hydrogen-bond donors (Lipinski definition) is 0. The molecule has 2 aromatic carbocycles. The Morgan fingerprint density at radius 2 is 1.96 bits per heavy atom. The van der Waals surface area contributed by atoms with Gasteiger partial charge in [0.15, 0.2) is 0 Å². The van der Waals surface area contributed by atoms with Crippen molar-refractivity contribution in [2.24, 2.45) is 0 Å². The van der Waals surface area contributed by atoms with E-state index in [0.717, 1.165) is 10.9 Å². The summed E-state index contributed by atoms with van der Waals surface area (Å²) in [5.41, 5.74) is 1.96. The third kappa shape index (κ3) is 3.58. The first-order valence-corrected chi connectivity index (χ1v) is 9.75. The predicted octanol–water partition coefficient (Wildman–Crippen LogP) is 6.29. The first-order valence-electron chi connectivity index (χ1n) is 8.11. The third-order valence-corrected chi connectivity index (χ3v) is 5.64. The van der Waals surface area contributed by atoms with Crippen LogP contribution in [0.2, 0.25) is 10.0 Å². The van der Waals surface area contributed by atoms with Crippen LogP contribution in [0.25, 0.3) is 33.9 Å². The Labute approximate surface area is 173 Å². The number of hydrogen-bond acceptors (Lipinski definition) is 5. The lowest BCUT2D eigenvalue weighted by Gasteiger charge is -2.00. The van der Waals surface area contributed by atoms with E-state index in [4.69, 9.17) is 27.6 Å². The van der Waals surface area contributed by atoms with Crippen molar-refractivity contribution in [1.82, 2.24) is 4.98 Å². The number of nitrogens with zero attached hydrogens (tertiary/aromatic N) is 2. The van der Waals surface area contributed by atoms with Crippen molar-refractivity contribution in [3.63, 3.8) is 0 Å². The monoisotopic (exact) mass is 424 g/mol. The number of aromatic nitrogens is 1. The number of fused-ring (bicyclic) bond motifs is 1. The van der Waals surface area contributed by atoms with Crippen molar-refractivity contribution in [1.29, 1.82) is 5.26 Å². The molecule has 4 nitrogen and oxygen atoms in total. The quantitative estimate of drug-likeness (QED) is 0.286. The van der Waals surface area contributed by atoms with Crippen LogP contribution in [0.1, 0.15) is 10.6 Å². The minimum absolute atomic E-state index is 0.355. The van der Waals surface area contributed by atoms with Gasteiger partial charge in [0.2, 0.25) is 0 Å². The lowest BCUT2D eigenvalue weighted by Crippen LogP contribution is -2.02. The molecule has 0 amide bonds. The molecule has 0 saturated carbocycles. The van der Waals surface area contributed by atoms with Gasteiger partial charge in [-0.3, -0.25) is 0 Å². The molecule has 0 atom stereocenters. The van der Waals surface area contributed by atoms with Crippen molar-refractivity contribution >= 4 is 57.2 Å². The number of thiazole rings is 1. The zero-order valence-electron chi connectivity index (χ0n) is 14.1. The summed E-state index contributed by atoms with van der Waals surface area (Å²) in [6.07, 6.45) is 1.67. The molecule has 4 rings (SSSR count). The molecular formula is C21H10Cl2N2O2S. The zero-order chi connectivity index (χ0) is 19.7. The Morgan fingerprint density at radius 1 is 1.14 bits per heavy atom. The van der Waals surface area contributed by atoms with Crippen LogP contribution in [-0.2, 0) is 0 Å². The molecule has 0 spiro atoms. The van der Waals surface area contributed by atoms with Crippen LogP contribution in [-0.4, -0.2) is 4.98 Å². The van der Waals surface area contributed by atoms with Gasteiger partial charge in [0.05, 0.1) is 26.9 Å². The largest absolute Gasteiger partial charge is 0.422 e. The maximum atomic E-state index is 12.3. The molecule has 0 aliphatic heterocycles. The smallest absolute Gasteiger partial charge is 0.345 e. The van der Waals surface area contributed by atoms with Crippen molar-refractivity contribution in [3.05, 3.63) is 84.9 Å². The summed E-state index contributed by atoms with van der Waals surface area (Å²) in [6, 6.07) is 16.3. The topological polar surface area (TPSA) is 66.9 Å². The van der Waals surface area contributed by atoms with Crippen LogP contribution in [0.15, 0.2) is 63.1 Å². The van der Waals surface area contributed by atoms with Gasteiger partial charge >= 0.3 is 5.63 Å². The van der Waals surface area contributed by atoms with Gasteiger partial charge < -0.3 is 4.42 Å². The van der Waals surface area contributed by atoms with Crippen LogP contribution < -0.4 is 5.63 Å².